The zero-order valence-electron chi connectivity index (χ0n) is 13.6. The molecule has 0 aliphatic rings. The number of nitrogens with one attached hydrogen (secondary N) is 1. The number of carbonyl (C=O) groups excluding carboxylic acids is 1. The minimum atomic E-state index is -0.152. The van der Waals surface area contributed by atoms with Crippen LogP contribution in [0.4, 0.5) is 5.69 Å². The normalized spacial score (nSPS) is 10.4. The van der Waals surface area contributed by atoms with E-state index in [9.17, 15) is 4.79 Å². The first-order valence-corrected chi connectivity index (χ1v) is 8.25. The van der Waals surface area contributed by atoms with E-state index in [4.69, 9.17) is 11.6 Å². The van der Waals surface area contributed by atoms with Gasteiger partial charge in [-0.05, 0) is 50.1 Å². The maximum Gasteiger partial charge on any atom is 0.269 e. The van der Waals surface area contributed by atoms with Crippen LogP contribution in [0.5, 0.6) is 0 Å². The summed E-state index contributed by atoms with van der Waals surface area (Å²) in [6, 6.07) is 11.4. The van der Waals surface area contributed by atoms with Gasteiger partial charge in [-0.25, -0.2) is 0 Å². The van der Waals surface area contributed by atoms with E-state index >= 15 is 0 Å². The van der Waals surface area contributed by atoms with Gasteiger partial charge in [0.25, 0.3) is 5.91 Å². The second-order valence-corrected chi connectivity index (χ2v) is 5.64. The monoisotopic (exact) mass is 331 g/mol. The highest BCUT2D eigenvalue weighted by molar-refractivity contribution is 6.30. The number of aromatic nitrogens is 1. The number of rotatable bonds is 7. The molecule has 0 aliphatic carbocycles. The minimum absolute atomic E-state index is 0.152. The topological polar surface area (TPSA) is 45.2 Å². The maximum absolute atomic E-state index is 12.2. The van der Waals surface area contributed by atoms with Crippen molar-refractivity contribution in [3.05, 3.63) is 58.9 Å². The summed E-state index contributed by atoms with van der Waals surface area (Å²) < 4.78 is 0. The Hall–Kier alpha value is -2.07. The van der Waals surface area contributed by atoms with E-state index in [0.29, 0.717) is 17.3 Å². The average Bonchev–Trinajstić information content (AvgIpc) is 2.56. The third-order valence-corrected chi connectivity index (χ3v) is 3.93. The van der Waals surface area contributed by atoms with Crippen molar-refractivity contribution in [2.24, 2.45) is 0 Å². The van der Waals surface area contributed by atoms with Crippen molar-refractivity contribution in [3.8, 4) is 0 Å². The molecule has 2 aromatic rings. The standard InChI is InChI=1S/C18H22ClN3O/c1-3-22(4-2)16-9-11-20-17(13-16)18(23)21-10-8-14-6-5-7-15(19)12-14/h5-7,9,11-13H,3-4,8,10H2,1-2H3,(H,21,23). The molecule has 1 aromatic heterocycles. The summed E-state index contributed by atoms with van der Waals surface area (Å²) >= 11 is 5.95. The predicted octanol–water partition coefficient (Wildman–Crippen LogP) is 3.55. The van der Waals surface area contributed by atoms with Gasteiger partial charge in [-0.3, -0.25) is 9.78 Å². The molecule has 0 saturated heterocycles. The van der Waals surface area contributed by atoms with Gasteiger partial charge in [0.05, 0.1) is 0 Å². The van der Waals surface area contributed by atoms with E-state index in [1.165, 1.54) is 0 Å². The molecular formula is C18H22ClN3O. The highest BCUT2D eigenvalue weighted by Gasteiger charge is 2.09. The SMILES string of the molecule is CCN(CC)c1ccnc(C(=O)NCCc2cccc(Cl)c2)c1. The number of hydrogen-bond donors (Lipinski definition) is 1. The van der Waals surface area contributed by atoms with E-state index in [0.717, 1.165) is 30.8 Å². The Morgan fingerprint density at radius 2 is 2.00 bits per heavy atom. The summed E-state index contributed by atoms with van der Waals surface area (Å²) in [5.41, 5.74) is 2.56. The fourth-order valence-corrected chi connectivity index (χ4v) is 2.65. The lowest BCUT2D eigenvalue weighted by atomic mass is 10.1. The predicted molar refractivity (Wildman–Crippen MR) is 95.3 cm³/mol. The van der Waals surface area contributed by atoms with Crippen LogP contribution in [0.25, 0.3) is 0 Å². The molecule has 0 saturated carbocycles. The van der Waals surface area contributed by atoms with Gasteiger partial charge in [0.15, 0.2) is 0 Å². The molecule has 0 bridgehead atoms. The summed E-state index contributed by atoms with van der Waals surface area (Å²) in [4.78, 5) is 18.6. The van der Waals surface area contributed by atoms with Crippen molar-refractivity contribution in [3.63, 3.8) is 0 Å². The smallest absolute Gasteiger partial charge is 0.269 e. The summed E-state index contributed by atoms with van der Waals surface area (Å²) in [6.45, 7) is 6.53. The summed E-state index contributed by atoms with van der Waals surface area (Å²) in [6.07, 6.45) is 2.42. The molecule has 0 unspecified atom stereocenters. The van der Waals surface area contributed by atoms with Crippen molar-refractivity contribution in [2.45, 2.75) is 20.3 Å². The summed E-state index contributed by atoms with van der Waals surface area (Å²) in [7, 11) is 0. The first-order chi connectivity index (χ1) is 11.1. The number of anilines is 1. The maximum atomic E-state index is 12.2. The lowest BCUT2D eigenvalue weighted by Crippen LogP contribution is -2.27. The van der Waals surface area contributed by atoms with Gasteiger partial charge in [-0.15, -0.1) is 0 Å². The van der Waals surface area contributed by atoms with Crippen LogP contribution in [-0.4, -0.2) is 30.5 Å². The molecule has 1 heterocycles. The largest absolute Gasteiger partial charge is 0.372 e. The Morgan fingerprint density at radius 3 is 2.70 bits per heavy atom. The molecule has 0 spiro atoms. The number of amides is 1. The minimum Gasteiger partial charge on any atom is -0.372 e. The molecule has 0 radical (unpaired) electrons. The van der Waals surface area contributed by atoms with Gasteiger partial charge >= 0.3 is 0 Å². The number of pyridine rings is 1. The lowest BCUT2D eigenvalue weighted by molar-refractivity contribution is 0.0949. The van der Waals surface area contributed by atoms with Crippen LogP contribution in [0, 0.1) is 0 Å². The number of halogens is 1. The van der Waals surface area contributed by atoms with Crippen LogP contribution in [0.15, 0.2) is 42.6 Å². The Labute approximate surface area is 142 Å². The number of hydrogen-bond acceptors (Lipinski definition) is 3. The lowest BCUT2D eigenvalue weighted by Gasteiger charge is -2.21. The molecule has 2 rings (SSSR count). The Morgan fingerprint density at radius 1 is 1.22 bits per heavy atom. The molecule has 1 aromatic carbocycles. The molecule has 0 aliphatic heterocycles. The van der Waals surface area contributed by atoms with Crippen LogP contribution >= 0.6 is 11.6 Å². The molecule has 4 nitrogen and oxygen atoms in total. The van der Waals surface area contributed by atoms with E-state index in [-0.39, 0.29) is 5.91 Å². The van der Waals surface area contributed by atoms with E-state index in [2.05, 4.69) is 29.0 Å². The zero-order chi connectivity index (χ0) is 16.7. The molecule has 23 heavy (non-hydrogen) atoms. The van der Waals surface area contributed by atoms with Crippen LogP contribution in [0.2, 0.25) is 5.02 Å². The summed E-state index contributed by atoms with van der Waals surface area (Å²) in [5.74, 6) is -0.152. The van der Waals surface area contributed by atoms with Crippen LogP contribution < -0.4 is 10.2 Å². The third kappa shape index (κ3) is 4.96. The van der Waals surface area contributed by atoms with Gasteiger partial charge in [-0.2, -0.15) is 0 Å². The van der Waals surface area contributed by atoms with Gasteiger partial charge < -0.3 is 10.2 Å². The summed E-state index contributed by atoms with van der Waals surface area (Å²) in [5, 5.41) is 3.62. The molecule has 5 heteroatoms. The second-order valence-electron chi connectivity index (χ2n) is 5.21. The number of carbonyl (C=O) groups is 1. The Balaban J connectivity index is 1.94. The highest BCUT2D eigenvalue weighted by atomic mass is 35.5. The van der Waals surface area contributed by atoms with Crippen molar-refractivity contribution in [1.29, 1.82) is 0 Å². The number of benzene rings is 1. The van der Waals surface area contributed by atoms with Gasteiger partial charge in [0.2, 0.25) is 0 Å². The molecule has 1 N–H and O–H groups in total. The fraction of sp³-hybridized carbons (Fsp3) is 0.333. The number of nitrogens with zero attached hydrogens (tertiary/aromatic N) is 2. The average molecular weight is 332 g/mol. The van der Waals surface area contributed by atoms with E-state index < -0.39 is 0 Å². The fourth-order valence-electron chi connectivity index (χ4n) is 2.43. The van der Waals surface area contributed by atoms with Crippen molar-refractivity contribution in [1.82, 2.24) is 10.3 Å². The third-order valence-electron chi connectivity index (χ3n) is 3.69. The van der Waals surface area contributed by atoms with E-state index in [1.807, 2.05) is 36.4 Å². The second kappa shape index (κ2) is 8.53. The van der Waals surface area contributed by atoms with Crippen LogP contribution in [0.1, 0.15) is 29.9 Å². The first-order valence-electron chi connectivity index (χ1n) is 7.87. The van der Waals surface area contributed by atoms with Gasteiger partial charge in [-0.1, -0.05) is 23.7 Å². The zero-order valence-corrected chi connectivity index (χ0v) is 14.3. The quantitative estimate of drug-likeness (QED) is 0.843. The highest BCUT2D eigenvalue weighted by Crippen LogP contribution is 2.14. The van der Waals surface area contributed by atoms with Crippen LogP contribution in [0.3, 0.4) is 0 Å². The molecule has 122 valence electrons. The van der Waals surface area contributed by atoms with Gasteiger partial charge in [0.1, 0.15) is 5.69 Å². The van der Waals surface area contributed by atoms with Crippen molar-refractivity contribution < 1.29 is 4.79 Å². The first kappa shape index (κ1) is 17.3. The molecule has 1 amide bonds. The van der Waals surface area contributed by atoms with Crippen molar-refractivity contribution in [2.75, 3.05) is 24.5 Å². The van der Waals surface area contributed by atoms with E-state index in [1.54, 1.807) is 6.20 Å². The van der Waals surface area contributed by atoms with Crippen LogP contribution in [-0.2, 0) is 6.42 Å². The van der Waals surface area contributed by atoms with Gasteiger partial charge in [0, 0.05) is 36.5 Å². The Kier molecular flexibility index (Phi) is 6.41. The molecular weight excluding hydrogens is 310 g/mol. The molecule has 0 fully saturated rings. The van der Waals surface area contributed by atoms with Crippen molar-refractivity contribution >= 4 is 23.2 Å². The Bertz CT molecular complexity index is 656. The molecule has 0 atom stereocenters.